The maximum absolute atomic E-state index is 4.79. The van der Waals surface area contributed by atoms with Crippen LogP contribution in [0.4, 0.5) is 0 Å². The van der Waals surface area contributed by atoms with E-state index in [9.17, 15) is 0 Å². The van der Waals surface area contributed by atoms with E-state index >= 15 is 0 Å². The van der Waals surface area contributed by atoms with Gasteiger partial charge in [-0.1, -0.05) is 54.0 Å². The fraction of sp³-hybridized carbons (Fsp3) is 0.500. The van der Waals surface area contributed by atoms with Gasteiger partial charge >= 0.3 is 0 Å². The zero-order chi connectivity index (χ0) is 15.2. The maximum atomic E-state index is 4.79. The van der Waals surface area contributed by atoms with Crippen LogP contribution in [0.5, 0.6) is 0 Å². The molecule has 3 heteroatoms. The number of alkyl halides is 1. The average Bonchev–Trinajstić information content (AvgIpc) is 2.95. The van der Waals surface area contributed by atoms with E-state index < -0.39 is 0 Å². The van der Waals surface area contributed by atoms with Gasteiger partial charge in [-0.25, -0.2) is 0 Å². The molecule has 2 aromatic rings. The molecule has 1 aromatic carbocycles. The van der Waals surface area contributed by atoms with Gasteiger partial charge in [0.25, 0.3) is 0 Å². The Morgan fingerprint density at radius 1 is 1.14 bits per heavy atom. The van der Waals surface area contributed by atoms with Crippen molar-refractivity contribution in [3.8, 4) is 0 Å². The largest absolute Gasteiger partial charge is 0.269 e. The van der Waals surface area contributed by atoms with Crippen LogP contribution in [0.3, 0.4) is 0 Å². The van der Waals surface area contributed by atoms with Crippen LogP contribution in [0.2, 0.25) is 0 Å². The van der Waals surface area contributed by atoms with E-state index in [1.807, 2.05) is 0 Å². The van der Waals surface area contributed by atoms with Crippen molar-refractivity contribution in [3.63, 3.8) is 0 Å². The van der Waals surface area contributed by atoms with Crippen molar-refractivity contribution in [1.29, 1.82) is 0 Å². The second-order valence-electron chi connectivity index (χ2n) is 5.67. The van der Waals surface area contributed by atoms with Gasteiger partial charge in [0.15, 0.2) is 0 Å². The first kappa shape index (κ1) is 16.3. The molecule has 2 nitrogen and oxygen atoms in total. The molecule has 0 aliphatic rings. The molecule has 0 aliphatic carbocycles. The molecule has 0 N–H and O–H groups in total. The zero-order valence-electron chi connectivity index (χ0n) is 13.2. The van der Waals surface area contributed by atoms with Crippen LogP contribution >= 0.6 is 15.9 Å². The van der Waals surface area contributed by atoms with Crippen molar-refractivity contribution < 1.29 is 0 Å². The number of rotatable bonds is 7. The fourth-order valence-corrected chi connectivity index (χ4v) is 3.48. The lowest BCUT2D eigenvalue weighted by atomic mass is 9.93. The molecule has 1 unspecified atom stereocenters. The molecule has 0 saturated carbocycles. The van der Waals surface area contributed by atoms with Gasteiger partial charge in [-0.2, -0.15) is 5.10 Å². The van der Waals surface area contributed by atoms with E-state index in [4.69, 9.17) is 5.10 Å². The summed E-state index contributed by atoms with van der Waals surface area (Å²) in [5.41, 5.74) is 3.97. The summed E-state index contributed by atoms with van der Waals surface area (Å²) >= 11 is 3.67. The van der Waals surface area contributed by atoms with Crippen molar-refractivity contribution >= 4 is 15.9 Å². The van der Waals surface area contributed by atoms with Gasteiger partial charge in [0.05, 0.1) is 11.7 Å². The lowest BCUT2D eigenvalue weighted by molar-refractivity contribution is 0.424. The Bertz CT molecular complexity index is 558. The van der Waals surface area contributed by atoms with Crippen LogP contribution in [0, 0.1) is 6.92 Å². The highest BCUT2D eigenvalue weighted by Gasteiger charge is 2.15. The van der Waals surface area contributed by atoms with Gasteiger partial charge in [0, 0.05) is 11.5 Å². The predicted octanol–water partition coefficient (Wildman–Crippen LogP) is 5.27. The zero-order valence-corrected chi connectivity index (χ0v) is 14.8. The van der Waals surface area contributed by atoms with E-state index in [0.717, 1.165) is 24.6 Å². The van der Waals surface area contributed by atoms with Crippen LogP contribution < -0.4 is 0 Å². The average molecular weight is 349 g/mol. The van der Waals surface area contributed by atoms with Gasteiger partial charge in [-0.3, -0.25) is 4.68 Å². The molecule has 0 bridgehead atoms. The number of nitrogens with zero attached hydrogens (tertiary/aromatic N) is 2. The van der Waals surface area contributed by atoms with Crippen LogP contribution in [0.25, 0.3) is 0 Å². The van der Waals surface area contributed by atoms with Gasteiger partial charge in [-0.15, -0.1) is 0 Å². The van der Waals surface area contributed by atoms with Crippen molar-refractivity contribution in [2.24, 2.45) is 0 Å². The normalized spacial score (nSPS) is 12.8. The number of hydrogen-bond donors (Lipinski definition) is 0. The minimum atomic E-state index is 0.483. The number of aryl methyl sites for hydroxylation is 1. The molecule has 0 saturated heterocycles. The molecule has 1 aromatic heterocycles. The van der Waals surface area contributed by atoms with Crippen LogP contribution in [-0.2, 0) is 6.42 Å². The first-order valence-corrected chi connectivity index (χ1v) is 8.97. The van der Waals surface area contributed by atoms with E-state index in [-0.39, 0.29) is 0 Å². The molecule has 114 valence electrons. The lowest BCUT2D eigenvalue weighted by Crippen LogP contribution is -2.10. The van der Waals surface area contributed by atoms with E-state index in [0.29, 0.717) is 12.0 Å². The molecule has 0 aliphatic heterocycles. The Kier molecular flexibility index (Phi) is 6.04. The second-order valence-corrected chi connectivity index (χ2v) is 6.32. The lowest BCUT2D eigenvalue weighted by Gasteiger charge is -2.16. The maximum Gasteiger partial charge on any atom is 0.0631 e. The summed E-state index contributed by atoms with van der Waals surface area (Å²) in [7, 11) is 0. The fourth-order valence-electron chi connectivity index (χ4n) is 2.90. The summed E-state index contributed by atoms with van der Waals surface area (Å²) in [5, 5.41) is 5.76. The number of benzene rings is 1. The molecule has 0 radical (unpaired) electrons. The summed E-state index contributed by atoms with van der Waals surface area (Å²) in [6.07, 6.45) is 5.40. The third-order valence-electron chi connectivity index (χ3n) is 4.25. The van der Waals surface area contributed by atoms with Crippen molar-refractivity contribution in [2.75, 3.05) is 5.33 Å². The minimum Gasteiger partial charge on any atom is -0.269 e. The van der Waals surface area contributed by atoms with Crippen LogP contribution in [-0.4, -0.2) is 15.1 Å². The summed E-state index contributed by atoms with van der Waals surface area (Å²) < 4.78 is 2.14. The number of hydrogen-bond acceptors (Lipinski definition) is 1. The molecule has 21 heavy (non-hydrogen) atoms. The number of aromatic nitrogens is 2. The molecule has 0 amide bonds. The van der Waals surface area contributed by atoms with Gasteiger partial charge < -0.3 is 0 Å². The van der Waals surface area contributed by atoms with Gasteiger partial charge in [-0.05, 0) is 49.3 Å². The first-order valence-electron chi connectivity index (χ1n) is 7.85. The van der Waals surface area contributed by atoms with E-state index in [2.05, 4.69) is 77.9 Å². The first-order chi connectivity index (χ1) is 10.2. The predicted molar refractivity (Wildman–Crippen MR) is 93.3 cm³/mol. The Balaban J connectivity index is 2.14. The summed E-state index contributed by atoms with van der Waals surface area (Å²) in [4.78, 5) is 0. The van der Waals surface area contributed by atoms with E-state index in [1.165, 1.54) is 16.8 Å². The van der Waals surface area contributed by atoms with Crippen LogP contribution in [0.1, 0.15) is 55.5 Å². The van der Waals surface area contributed by atoms with Crippen molar-refractivity contribution in [3.05, 3.63) is 53.3 Å². The summed E-state index contributed by atoms with van der Waals surface area (Å²) in [6, 6.07) is 11.4. The molecule has 0 fully saturated rings. The van der Waals surface area contributed by atoms with E-state index in [1.54, 1.807) is 0 Å². The van der Waals surface area contributed by atoms with Gasteiger partial charge in [0.1, 0.15) is 0 Å². The Morgan fingerprint density at radius 2 is 1.86 bits per heavy atom. The summed E-state index contributed by atoms with van der Waals surface area (Å²) in [5.74, 6) is 0.483. The smallest absolute Gasteiger partial charge is 0.0631 e. The molecule has 2 rings (SSSR count). The second kappa shape index (κ2) is 7.79. The quantitative estimate of drug-likeness (QED) is 0.623. The highest BCUT2D eigenvalue weighted by atomic mass is 79.9. The Labute approximate surface area is 136 Å². The highest BCUT2D eigenvalue weighted by molar-refractivity contribution is 9.09. The third kappa shape index (κ3) is 3.97. The minimum absolute atomic E-state index is 0.483. The Hall–Kier alpha value is -1.09. The standard InChI is InChI=1S/C18H25BrN2/c1-4-17(5-2)21-11-10-16(20-21)12-15(13-19)18-9-7-6-8-14(18)3/h6-11,15,17H,4-5,12-13H2,1-3H3. The van der Waals surface area contributed by atoms with Crippen LogP contribution in [0.15, 0.2) is 36.5 Å². The Morgan fingerprint density at radius 3 is 2.48 bits per heavy atom. The highest BCUT2D eigenvalue weighted by Crippen LogP contribution is 2.26. The van der Waals surface area contributed by atoms with Crippen molar-refractivity contribution in [2.45, 2.75) is 52.0 Å². The SMILES string of the molecule is CCC(CC)n1ccc(CC(CBr)c2ccccc2C)n1. The van der Waals surface area contributed by atoms with Crippen molar-refractivity contribution in [1.82, 2.24) is 9.78 Å². The molecule has 0 spiro atoms. The molecule has 1 heterocycles. The van der Waals surface area contributed by atoms with Gasteiger partial charge in [0.2, 0.25) is 0 Å². The molecule has 1 atom stereocenters. The monoisotopic (exact) mass is 348 g/mol. The molecular formula is C18H25BrN2. The molecular weight excluding hydrogens is 324 g/mol. The topological polar surface area (TPSA) is 17.8 Å². The third-order valence-corrected chi connectivity index (χ3v) is 5.03. The number of halogens is 1. The summed E-state index contributed by atoms with van der Waals surface area (Å²) in [6.45, 7) is 6.64.